The van der Waals surface area contributed by atoms with Gasteiger partial charge in [0.25, 0.3) is 5.91 Å². The van der Waals surface area contributed by atoms with Crippen LogP contribution in [0.3, 0.4) is 0 Å². The van der Waals surface area contributed by atoms with E-state index in [0.717, 1.165) is 4.90 Å². The van der Waals surface area contributed by atoms with Crippen molar-refractivity contribution in [2.75, 3.05) is 19.0 Å². The summed E-state index contributed by atoms with van der Waals surface area (Å²) in [6.45, 7) is -0.260. The van der Waals surface area contributed by atoms with Gasteiger partial charge in [0.15, 0.2) is 6.61 Å². The van der Waals surface area contributed by atoms with Crippen LogP contribution in [0.2, 0.25) is 5.02 Å². The monoisotopic (exact) mass is 436 g/mol. The lowest BCUT2D eigenvalue weighted by atomic mass is 10.2. The largest absolute Gasteiger partial charge is 0.456 e. The first-order chi connectivity index (χ1) is 13.8. The highest BCUT2D eigenvalue weighted by atomic mass is 35.5. The van der Waals surface area contributed by atoms with Gasteiger partial charge in [-0.15, -0.1) is 11.8 Å². The van der Waals surface area contributed by atoms with E-state index in [4.69, 9.17) is 16.3 Å². The molecule has 1 unspecified atom stereocenters. The van der Waals surface area contributed by atoms with E-state index in [1.807, 2.05) is 0 Å². The second-order valence-corrected chi connectivity index (χ2v) is 8.16. The average Bonchev–Trinajstić information content (AvgIpc) is 2.67. The molecule has 0 saturated heterocycles. The molecule has 0 bridgehead atoms. The highest BCUT2D eigenvalue weighted by molar-refractivity contribution is 8.01. The molecule has 1 aliphatic heterocycles. The second-order valence-electron chi connectivity index (χ2n) is 6.48. The maximum absolute atomic E-state index is 13.2. The molecule has 0 fully saturated rings. The third-order valence-corrected chi connectivity index (χ3v) is 5.71. The summed E-state index contributed by atoms with van der Waals surface area (Å²) in [5, 5.41) is 2.56. The Kier molecular flexibility index (Phi) is 6.76. The number of halogens is 2. The van der Waals surface area contributed by atoms with E-state index in [1.54, 1.807) is 30.3 Å². The van der Waals surface area contributed by atoms with Crippen LogP contribution in [0.15, 0.2) is 47.4 Å². The van der Waals surface area contributed by atoms with Gasteiger partial charge < -0.3 is 15.0 Å². The summed E-state index contributed by atoms with van der Waals surface area (Å²) in [5.74, 6) is -1.79. The lowest BCUT2D eigenvalue weighted by molar-refractivity contribution is -0.152. The molecule has 152 valence electrons. The molecule has 2 aromatic carbocycles. The smallest absolute Gasteiger partial charge is 0.307 e. The van der Waals surface area contributed by atoms with Crippen molar-refractivity contribution in [1.29, 1.82) is 0 Å². The number of thioether (sulfide) groups is 1. The van der Waals surface area contributed by atoms with Gasteiger partial charge in [-0.05, 0) is 35.9 Å². The number of nitrogens with one attached hydrogen (secondary N) is 1. The zero-order chi connectivity index (χ0) is 21.0. The molecular formula is C20H18ClFN2O4S. The molecule has 0 radical (unpaired) electrons. The van der Waals surface area contributed by atoms with Gasteiger partial charge in [0.2, 0.25) is 5.91 Å². The summed E-state index contributed by atoms with van der Waals surface area (Å²) >= 11 is 7.15. The summed E-state index contributed by atoms with van der Waals surface area (Å²) in [4.78, 5) is 38.6. The van der Waals surface area contributed by atoms with Crippen molar-refractivity contribution >= 4 is 46.8 Å². The molecular weight excluding hydrogens is 419 g/mol. The predicted octanol–water partition coefficient (Wildman–Crippen LogP) is 3.48. The number of fused-ring (bicyclic) bond motifs is 1. The Morgan fingerprint density at radius 1 is 1.28 bits per heavy atom. The molecule has 0 saturated carbocycles. The molecule has 0 aliphatic carbocycles. The first kappa shape index (κ1) is 21.1. The Balaban J connectivity index is 1.48. The van der Waals surface area contributed by atoms with Gasteiger partial charge >= 0.3 is 5.97 Å². The van der Waals surface area contributed by atoms with Crippen molar-refractivity contribution in [3.8, 4) is 0 Å². The van der Waals surface area contributed by atoms with E-state index in [1.165, 1.54) is 35.8 Å². The van der Waals surface area contributed by atoms with Gasteiger partial charge in [-0.25, -0.2) is 4.39 Å². The highest BCUT2D eigenvalue weighted by Crippen LogP contribution is 2.38. The minimum absolute atomic E-state index is 0.167. The van der Waals surface area contributed by atoms with Crippen LogP contribution in [-0.4, -0.2) is 41.6 Å². The van der Waals surface area contributed by atoms with Crippen molar-refractivity contribution in [2.45, 2.75) is 23.1 Å². The highest BCUT2D eigenvalue weighted by Gasteiger charge is 2.30. The SMILES string of the molecule is CN(Cc1cccc(F)c1)C(=O)COC(=O)CC1Sc2ccc(Cl)cc2NC1=O. The van der Waals surface area contributed by atoms with Crippen molar-refractivity contribution in [2.24, 2.45) is 0 Å². The number of anilines is 1. The number of rotatable bonds is 6. The standard InChI is InChI=1S/C20H18ClFN2O4S/c1-24(10-12-3-2-4-14(22)7-12)18(25)11-28-19(26)9-17-20(27)23-15-8-13(21)5-6-16(15)29-17/h2-8,17H,9-11H2,1H3,(H,23,27). The summed E-state index contributed by atoms with van der Waals surface area (Å²) in [6.07, 6.45) is -0.167. The van der Waals surface area contributed by atoms with E-state index < -0.39 is 23.7 Å². The second kappa shape index (κ2) is 9.28. The van der Waals surface area contributed by atoms with Crippen LogP contribution in [0, 0.1) is 5.82 Å². The molecule has 3 rings (SSSR count). The zero-order valence-corrected chi connectivity index (χ0v) is 17.1. The number of carbonyl (C=O) groups excluding carboxylic acids is 3. The zero-order valence-electron chi connectivity index (χ0n) is 15.5. The lowest BCUT2D eigenvalue weighted by Crippen LogP contribution is -2.33. The molecule has 6 nitrogen and oxygen atoms in total. The lowest BCUT2D eigenvalue weighted by Gasteiger charge is -2.23. The fourth-order valence-corrected chi connectivity index (χ4v) is 3.96. The van der Waals surface area contributed by atoms with Gasteiger partial charge in [0, 0.05) is 23.5 Å². The Bertz CT molecular complexity index is 956. The number of ether oxygens (including phenoxy) is 1. The maximum Gasteiger partial charge on any atom is 0.307 e. The molecule has 2 amide bonds. The molecule has 1 heterocycles. The van der Waals surface area contributed by atoms with Crippen LogP contribution in [0.25, 0.3) is 0 Å². The predicted molar refractivity (Wildman–Crippen MR) is 108 cm³/mol. The van der Waals surface area contributed by atoms with Gasteiger partial charge in [0.05, 0.1) is 17.4 Å². The van der Waals surface area contributed by atoms with Crippen LogP contribution < -0.4 is 5.32 Å². The number of benzene rings is 2. The van der Waals surface area contributed by atoms with E-state index in [9.17, 15) is 18.8 Å². The van der Waals surface area contributed by atoms with E-state index in [2.05, 4.69) is 5.32 Å². The molecule has 29 heavy (non-hydrogen) atoms. The molecule has 1 aliphatic rings. The summed E-state index contributed by atoms with van der Waals surface area (Å²) in [6, 6.07) is 11.0. The van der Waals surface area contributed by atoms with Crippen LogP contribution in [0.4, 0.5) is 10.1 Å². The number of likely N-dealkylation sites (N-methyl/N-ethyl adjacent to an activating group) is 1. The summed E-state index contributed by atoms with van der Waals surface area (Å²) in [5.41, 5.74) is 1.23. The van der Waals surface area contributed by atoms with E-state index >= 15 is 0 Å². The minimum Gasteiger partial charge on any atom is -0.456 e. The normalized spacial score (nSPS) is 15.3. The minimum atomic E-state index is -0.656. The molecule has 0 spiro atoms. The maximum atomic E-state index is 13.2. The molecule has 9 heteroatoms. The molecule has 1 atom stereocenters. The van der Waals surface area contributed by atoms with Gasteiger partial charge in [-0.2, -0.15) is 0 Å². The number of hydrogen-bond acceptors (Lipinski definition) is 5. The number of carbonyl (C=O) groups is 3. The Morgan fingerprint density at radius 3 is 2.83 bits per heavy atom. The molecule has 0 aromatic heterocycles. The van der Waals surface area contributed by atoms with Gasteiger partial charge in [0.1, 0.15) is 5.82 Å². The Labute approximate surface area is 176 Å². The van der Waals surface area contributed by atoms with Crippen molar-refractivity contribution < 1.29 is 23.5 Å². The van der Waals surface area contributed by atoms with Crippen molar-refractivity contribution in [3.05, 3.63) is 58.9 Å². The average molecular weight is 437 g/mol. The van der Waals surface area contributed by atoms with E-state index in [-0.39, 0.29) is 24.7 Å². The van der Waals surface area contributed by atoms with Gasteiger partial charge in [-0.1, -0.05) is 23.7 Å². The first-order valence-electron chi connectivity index (χ1n) is 8.73. The third kappa shape index (κ3) is 5.71. The fourth-order valence-electron chi connectivity index (χ4n) is 2.72. The van der Waals surface area contributed by atoms with Crippen molar-refractivity contribution in [3.63, 3.8) is 0 Å². The fraction of sp³-hybridized carbons (Fsp3) is 0.250. The summed E-state index contributed by atoms with van der Waals surface area (Å²) in [7, 11) is 1.54. The number of hydrogen-bond donors (Lipinski definition) is 1. The van der Waals surface area contributed by atoms with Crippen LogP contribution in [0.1, 0.15) is 12.0 Å². The topological polar surface area (TPSA) is 75.7 Å². The Hall–Kier alpha value is -2.58. The van der Waals surface area contributed by atoms with Crippen LogP contribution in [0.5, 0.6) is 0 Å². The third-order valence-electron chi connectivity index (χ3n) is 4.20. The van der Waals surface area contributed by atoms with Gasteiger partial charge in [-0.3, -0.25) is 14.4 Å². The first-order valence-corrected chi connectivity index (χ1v) is 9.98. The van der Waals surface area contributed by atoms with Crippen molar-refractivity contribution in [1.82, 2.24) is 4.90 Å². The number of nitrogens with zero attached hydrogens (tertiary/aromatic N) is 1. The molecule has 1 N–H and O–H groups in total. The Morgan fingerprint density at radius 2 is 2.07 bits per heavy atom. The number of amides is 2. The van der Waals surface area contributed by atoms with Crippen LogP contribution >= 0.6 is 23.4 Å². The number of esters is 1. The quantitative estimate of drug-likeness (QED) is 0.701. The van der Waals surface area contributed by atoms with Crippen LogP contribution in [-0.2, 0) is 25.7 Å². The molecule has 2 aromatic rings. The summed E-state index contributed by atoms with van der Waals surface area (Å²) < 4.78 is 18.3. The van der Waals surface area contributed by atoms with E-state index in [0.29, 0.717) is 16.3 Å².